The number of carbonyl (C=O) groups is 1. The van der Waals surface area contributed by atoms with Crippen LogP contribution in [-0.4, -0.2) is 16.2 Å². The average Bonchev–Trinajstić information content (AvgIpc) is 2.34. The number of ether oxygens (including phenoxy) is 1. The van der Waals surface area contributed by atoms with Crippen LogP contribution in [0.3, 0.4) is 0 Å². The molecule has 0 amide bonds. The Morgan fingerprint density at radius 1 is 1.00 bits per heavy atom. The van der Waals surface area contributed by atoms with Crippen LogP contribution in [0.25, 0.3) is 0 Å². The molecule has 0 radical (unpaired) electrons. The topological polar surface area (TPSA) is 66.8 Å². The highest BCUT2D eigenvalue weighted by molar-refractivity contribution is 5.93. The summed E-state index contributed by atoms with van der Waals surface area (Å²) < 4.78 is 5.00. The molecular weight excluding hydrogens is 232 g/mol. The third-order valence-electron chi connectivity index (χ3n) is 2.53. The van der Waals surface area contributed by atoms with Gasteiger partial charge in [-0.15, -0.1) is 0 Å². The van der Waals surface area contributed by atoms with E-state index in [2.05, 4.69) is 0 Å². The Labute approximate surface area is 104 Å². The van der Waals surface area contributed by atoms with E-state index in [0.717, 1.165) is 5.56 Å². The molecule has 2 aromatic rings. The predicted molar refractivity (Wildman–Crippen MR) is 65.9 cm³/mol. The summed E-state index contributed by atoms with van der Waals surface area (Å²) in [5, 5.41) is 19.0. The van der Waals surface area contributed by atoms with Gasteiger partial charge in [0.2, 0.25) is 5.75 Å². The van der Waals surface area contributed by atoms with Crippen molar-refractivity contribution in [2.45, 2.75) is 6.92 Å². The van der Waals surface area contributed by atoms with Crippen LogP contribution >= 0.6 is 0 Å². The number of phenolic OH excluding ortho intramolecular Hbond substituents is 2. The highest BCUT2D eigenvalue weighted by Gasteiger charge is 2.16. The van der Waals surface area contributed by atoms with Crippen LogP contribution in [0.5, 0.6) is 17.2 Å². The van der Waals surface area contributed by atoms with Gasteiger partial charge in [0.05, 0.1) is 5.56 Å². The maximum Gasteiger partial charge on any atom is 0.344 e. The van der Waals surface area contributed by atoms with Crippen LogP contribution in [-0.2, 0) is 0 Å². The second-order valence-corrected chi connectivity index (χ2v) is 3.83. The van der Waals surface area contributed by atoms with Gasteiger partial charge in [-0.05, 0) is 30.7 Å². The van der Waals surface area contributed by atoms with Crippen molar-refractivity contribution in [1.82, 2.24) is 0 Å². The molecule has 2 rings (SSSR count). The molecule has 92 valence electrons. The van der Waals surface area contributed by atoms with Gasteiger partial charge >= 0.3 is 5.97 Å². The number of benzene rings is 2. The first-order valence-electron chi connectivity index (χ1n) is 5.38. The Morgan fingerprint density at radius 2 is 1.61 bits per heavy atom. The number of para-hydroxylation sites is 1. The van der Waals surface area contributed by atoms with E-state index in [1.54, 1.807) is 25.1 Å². The Hall–Kier alpha value is -2.49. The largest absolute Gasteiger partial charge is 0.504 e. The predicted octanol–water partition coefficient (Wildman–Crippen LogP) is 2.63. The van der Waals surface area contributed by atoms with Crippen molar-refractivity contribution in [3.05, 3.63) is 53.6 Å². The summed E-state index contributed by atoms with van der Waals surface area (Å²) in [7, 11) is 0. The van der Waals surface area contributed by atoms with Gasteiger partial charge in [-0.3, -0.25) is 0 Å². The number of aryl methyl sites for hydroxylation is 1. The van der Waals surface area contributed by atoms with E-state index < -0.39 is 5.97 Å². The molecule has 2 aromatic carbocycles. The summed E-state index contributed by atoms with van der Waals surface area (Å²) in [6.45, 7) is 1.78. The van der Waals surface area contributed by atoms with E-state index in [0.29, 0.717) is 5.56 Å². The van der Waals surface area contributed by atoms with E-state index in [-0.39, 0.29) is 17.2 Å². The molecule has 0 aromatic heterocycles. The first-order chi connectivity index (χ1) is 8.59. The van der Waals surface area contributed by atoms with Gasteiger partial charge in [0.15, 0.2) is 11.5 Å². The molecule has 0 aliphatic rings. The Balaban J connectivity index is 2.30. The van der Waals surface area contributed by atoms with Gasteiger partial charge in [-0.25, -0.2) is 4.79 Å². The number of aromatic hydroxyl groups is 2. The molecule has 0 heterocycles. The molecule has 0 atom stereocenters. The maximum absolute atomic E-state index is 11.9. The molecule has 0 unspecified atom stereocenters. The van der Waals surface area contributed by atoms with Crippen molar-refractivity contribution < 1.29 is 19.7 Å². The Morgan fingerprint density at radius 3 is 2.22 bits per heavy atom. The van der Waals surface area contributed by atoms with Crippen molar-refractivity contribution in [1.29, 1.82) is 0 Å². The van der Waals surface area contributed by atoms with Crippen molar-refractivity contribution >= 4 is 5.97 Å². The molecule has 0 fully saturated rings. The zero-order chi connectivity index (χ0) is 13.1. The molecular formula is C14H12O4. The Kier molecular flexibility index (Phi) is 3.19. The van der Waals surface area contributed by atoms with E-state index in [1.807, 2.05) is 6.07 Å². The standard InChI is InChI=1S/C14H12O4/c1-9-5-2-3-6-10(9)14(17)18-13-11(15)7-4-8-12(13)16/h2-8,15-16H,1H3. The second kappa shape index (κ2) is 4.79. The minimum absolute atomic E-state index is 0.231. The molecule has 2 N–H and O–H groups in total. The number of carbonyl (C=O) groups excluding carboxylic acids is 1. The van der Waals surface area contributed by atoms with Gasteiger partial charge < -0.3 is 14.9 Å². The molecule has 18 heavy (non-hydrogen) atoms. The summed E-state index contributed by atoms with van der Waals surface area (Å²) in [5.74, 6) is -1.41. The molecule has 0 saturated carbocycles. The van der Waals surface area contributed by atoms with Crippen molar-refractivity contribution in [3.63, 3.8) is 0 Å². The number of rotatable bonds is 2. The molecule has 0 bridgehead atoms. The monoisotopic (exact) mass is 244 g/mol. The van der Waals surface area contributed by atoms with Gasteiger partial charge in [-0.1, -0.05) is 24.3 Å². The summed E-state index contributed by atoms with van der Waals surface area (Å²) in [6.07, 6.45) is 0. The fourth-order valence-electron chi connectivity index (χ4n) is 1.57. The van der Waals surface area contributed by atoms with Crippen LogP contribution in [0.2, 0.25) is 0 Å². The number of hydrogen-bond donors (Lipinski definition) is 2. The van der Waals surface area contributed by atoms with Crippen molar-refractivity contribution in [2.24, 2.45) is 0 Å². The van der Waals surface area contributed by atoms with Crippen molar-refractivity contribution in [3.8, 4) is 17.2 Å². The lowest BCUT2D eigenvalue weighted by Gasteiger charge is -2.09. The quantitative estimate of drug-likeness (QED) is 0.629. The van der Waals surface area contributed by atoms with E-state index in [9.17, 15) is 15.0 Å². The van der Waals surface area contributed by atoms with Crippen LogP contribution < -0.4 is 4.74 Å². The summed E-state index contributed by atoms with van der Waals surface area (Å²) >= 11 is 0. The average molecular weight is 244 g/mol. The van der Waals surface area contributed by atoms with Gasteiger partial charge in [-0.2, -0.15) is 0 Å². The van der Waals surface area contributed by atoms with Gasteiger partial charge in [0.1, 0.15) is 0 Å². The SMILES string of the molecule is Cc1ccccc1C(=O)Oc1c(O)cccc1O. The highest BCUT2D eigenvalue weighted by Crippen LogP contribution is 2.35. The number of phenols is 2. The number of hydrogen-bond acceptors (Lipinski definition) is 4. The highest BCUT2D eigenvalue weighted by atomic mass is 16.5. The third-order valence-corrected chi connectivity index (χ3v) is 2.53. The van der Waals surface area contributed by atoms with E-state index >= 15 is 0 Å². The molecule has 0 aliphatic carbocycles. The zero-order valence-corrected chi connectivity index (χ0v) is 9.75. The van der Waals surface area contributed by atoms with Crippen molar-refractivity contribution in [2.75, 3.05) is 0 Å². The van der Waals surface area contributed by atoms with Crippen LogP contribution in [0.1, 0.15) is 15.9 Å². The molecule has 0 saturated heterocycles. The Bertz CT molecular complexity index is 570. The molecule has 4 nitrogen and oxygen atoms in total. The lowest BCUT2D eigenvalue weighted by molar-refractivity contribution is 0.0723. The van der Waals surface area contributed by atoms with Crippen LogP contribution in [0, 0.1) is 6.92 Å². The number of esters is 1. The lowest BCUT2D eigenvalue weighted by atomic mass is 10.1. The van der Waals surface area contributed by atoms with E-state index in [1.165, 1.54) is 18.2 Å². The van der Waals surface area contributed by atoms with Crippen LogP contribution in [0.15, 0.2) is 42.5 Å². The maximum atomic E-state index is 11.9. The van der Waals surface area contributed by atoms with Gasteiger partial charge in [0.25, 0.3) is 0 Å². The zero-order valence-electron chi connectivity index (χ0n) is 9.75. The van der Waals surface area contributed by atoms with Gasteiger partial charge in [0, 0.05) is 0 Å². The fraction of sp³-hybridized carbons (Fsp3) is 0.0714. The summed E-state index contributed by atoms with van der Waals surface area (Å²) in [6, 6.07) is 11.0. The first-order valence-corrected chi connectivity index (χ1v) is 5.38. The van der Waals surface area contributed by atoms with E-state index in [4.69, 9.17) is 4.74 Å². The lowest BCUT2D eigenvalue weighted by Crippen LogP contribution is -2.10. The minimum Gasteiger partial charge on any atom is -0.504 e. The molecule has 0 aliphatic heterocycles. The normalized spacial score (nSPS) is 10.1. The minimum atomic E-state index is -0.620. The fourth-order valence-corrected chi connectivity index (χ4v) is 1.57. The second-order valence-electron chi connectivity index (χ2n) is 3.83. The molecule has 4 heteroatoms. The van der Waals surface area contributed by atoms with Crippen LogP contribution in [0.4, 0.5) is 0 Å². The third kappa shape index (κ3) is 2.27. The first kappa shape index (κ1) is 12.0. The molecule has 0 spiro atoms. The summed E-state index contributed by atoms with van der Waals surface area (Å²) in [4.78, 5) is 11.9. The smallest absolute Gasteiger partial charge is 0.344 e. The summed E-state index contributed by atoms with van der Waals surface area (Å²) in [5.41, 5.74) is 1.15.